The Hall–Kier alpha value is -2.11. The average Bonchev–Trinajstić information content (AvgIpc) is 2.96. The van der Waals surface area contributed by atoms with Crippen LogP contribution in [0.25, 0.3) is 10.4 Å². The quantitative estimate of drug-likeness (QED) is 0.366. The fraction of sp³-hybridized carbons (Fsp3) is 0.286. The fourth-order valence-corrected chi connectivity index (χ4v) is 4.19. The molecule has 0 fully saturated rings. The molecule has 0 saturated carbocycles. The van der Waals surface area contributed by atoms with Crippen LogP contribution in [0.4, 0.5) is 0 Å². The van der Waals surface area contributed by atoms with E-state index in [2.05, 4.69) is 43.3 Å². The summed E-state index contributed by atoms with van der Waals surface area (Å²) >= 11 is 7.08. The topological polar surface area (TPSA) is 23.4 Å². The Balaban J connectivity index is 1.58. The van der Waals surface area contributed by atoms with E-state index >= 15 is 0 Å². The first-order chi connectivity index (χ1) is 12.7. The summed E-state index contributed by atoms with van der Waals surface area (Å²) in [6.07, 6.45) is 3.19. The van der Waals surface area contributed by atoms with E-state index in [9.17, 15) is 0 Å². The highest BCUT2D eigenvalue weighted by molar-refractivity contribution is 7.73. The lowest BCUT2D eigenvalue weighted by atomic mass is 10.1. The number of thiazole rings is 1. The highest BCUT2D eigenvalue weighted by Gasteiger charge is 2.12. The monoisotopic (exact) mass is 385 g/mol. The van der Waals surface area contributed by atoms with Crippen LogP contribution in [0.1, 0.15) is 24.1 Å². The van der Waals surface area contributed by atoms with Gasteiger partial charge in [0.25, 0.3) is 0 Å². The minimum atomic E-state index is 0.667. The van der Waals surface area contributed by atoms with Crippen molar-refractivity contribution in [1.82, 2.24) is 4.73 Å². The molecule has 0 aliphatic rings. The largest absolute Gasteiger partial charge is 0.497 e. The second-order valence-corrected chi connectivity index (χ2v) is 7.73. The lowest BCUT2D eigenvalue weighted by Crippen LogP contribution is -2.14. The smallest absolute Gasteiger partial charge is 0.197 e. The zero-order valence-electron chi connectivity index (χ0n) is 15.1. The second-order valence-electron chi connectivity index (χ2n) is 6.08. The van der Waals surface area contributed by atoms with Crippen LogP contribution in [0.5, 0.6) is 5.75 Å². The van der Waals surface area contributed by atoms with Crippen LogP contribution in [-0.4, -0.2) is 18.4 Å². The lowest BCUT2D eigenvalue weighted by Gasteiger charge is -2.09. The minimum Gasteiger partial charge on any atom is -0.497 e. The van der Waals surface area contributed by atoms with Gasteiger partial charge < -0.3 is 9.57 Å². The van der Waals surface area contributed by atoms with Gasteiger partial charge in [-0.05, 0) is 73.8 Å². The molecule has 0 saturated heterocycles. The molecule has 0 amide bonds. The Kier molecular flexibility index (Phi) is 6.47. The van der Waals surface area contributed by atoms with Gasteiger partial charge in [-0.25, -0.2) is 0 Å². The number of ether oxygens (including phenoxy) is 1. The van der Waals surface area contributed by atoms with E-state index in [0.29, 0.717) is 6.61 Å². The number of aromatic nitrogens is 1. The summed E-state index contributed by atoms with van der Waals surface area (Å²) in [6.45, 7) is 2.72. The Morgan fingerprint density at radius 2 is 1.73 bits per heavy atom. The van der Waals surface area contributed by atoms with Crippen LogP contribution in [0, 0.1) is 10.9 Å². The Bertz CT molecular complexity index is 883. The standard InChI is InChI=1S/C21H23NO2S2/c1-16-20(18-11-13-19(23-2)14-12-18)26-21(25)22(16)24-15-7-6-10-17-8-4-3-5-9-17/h3-5,8-9,11-14H,6-7,10,15H2,1-2H3. The maximum Gasteiger partial charge on any atom is 0.197 e. The van der Waals surface area contributed by atoms with Gasteiger partial charge in [0.15, 0.2) is 3.95 Å². The van der Waals surface area contributed by atoms with Crippen molar-refractivity contribution >= 4 is 23.6 Å². The summed E-state index contributed by atoms with van der Waals surface area (Å²) in [4.78, 5) is 7.09. The molecule has 1 aromatic heterocycles. The first-order valence-electron chi connectivity index (χ1n) is 8.73. The highest BCUT2D eigenvalue weighted by atomic mass is 32.1. The zero-order chi connectivity index (χ0) is 18.4. The molecule has 1 heterocycles. The molecule has 0 radical (unpaired) electrons. The van der Waals surface area contributed by atoms with Crippen molar-refractivity contribution in [3.8, 4) is 16.2 Å². The number of rotatable bonds is 8. The number of unbranched alkanes of at least 4 members (excludes halogenated alkanes) is 1. The molecule has 3 nitrogen and oxygen atoms in total. The fourth-order valence-electron chi connectivity index (χ4n) is 2.82. The maximum absolute atomic E-state index is 5.95. The molecule has 0 atom stereocenters. The summed E-state index contributed by atoms with van der Waals surface area (Å²) in [6, 6.07) is 18.6. The molecule has 3 aromatic rings. The summed E-state index contributed by atoms with van der Waals surface area (Å²) < 4.78 is 7.77. The molecule has 26 heavy (non-hydrogen) atoms. The van der Waals surface area contributed by atoms with Gasteiger partial charge >= 0.3 is 0 Å². The van der Waals surface area contributed by atoms with Crippen molar-refractivity contribution in [3.63, 3.8) is 0 Å². The van der Waals surface area contributed by atoms with Crippen LogP contribution >= 0.6 is 23.6 Å². The van der Waals surface area contributed by atoms with Gasteiger partial charge in [0, 0.05) is 0 Å². The highest BCUT2D eigenvalue weighted by Crippen LogP contribution is 2.31. The van der Waals surface area contributed by atoms with E-state index in [4.69, 9.17) is 21.8 Å². The van der Waals surface area contributed by atoms with E-state index in [1.165, 1.54) is 5.56 Å². The van der Waals surface area contributed by atoms with E-state index in [-0.39, 0.29) is 0 Å². The van der Waals surface area contributed by atoms with Crippen molar-refractivity contribution in [3.05, 3.63) is 69.8 Å². The number of benzene rings is 2. The third kappa shape index (κ3) is 4.54. The van der Waals surface area contributed by atoms with E-state index < -0.39 is 0 Å². The second kappa shape index (κ2) is 9.01. The van der Waals surface area contributed by atoms with E-state index in [1.54, 1.807) is 23.2 Å². The van der Waals surface area contributed by atoms with Gasteiger partial charge in [0.2, 0.25) is 0 Å². The van der Waals surface area contributed by atoms with Gasteiger partial charge in [-0.3, -0.25) is 0 Å². The molecule has 136 valence electrons. The summed E-state index contributed by atoms with van der Waals surface area (Å²) in [5.41, 5.74) is 3.55. The molecule has 5 heteroatoms. The SMILES string of the molecule is COc1ccc(-c2sc(=S)n(OCCCCc3ccccc3)c2C)cc1. The molecular weight excluding hydrogens is 362 g/mol. The number of hydrogen-bond donors (Lipinski definition) is 0. The molecule has 0 bridgehead atoms. The van der Waals surface area contributed by atoms with Gasteiger partial charge in [0.1, 0.15) is 12.4 Å². The molecule has 0 unspecified atom stereocenters. The molecule has 0 aliphatic carbocycles. The van der Waals surface area contributed by atoms with Crippen LogP contribution in [0.3, 0.4) is 0 Å². The van der Waals surface area contributed by atoms with Crippen LogP contribution < -0.4 is 9.57 Å². The van der Waals surface area contributed by atoms with Crippen molar-refractivity contribution < 1.29 is 9.57 Å². The van der Waals surface area contributed by atoms with Crippen molar-refractivity contribution in [1.29, 1.82) is 0 Å². The predicted octanol–water partition coefficient (Wildman–Crippen LogP) is 5.71. The van der Waals surface area contributed by atoms with E-state index in [0.717, 1.165) is 45.1 Å². The average molecular weight is 386 g/mol. The maximum atomic E-state index is 5.95. The molecule has 0 spiro atoms. The summed E-state index contributed by atoms with van der Waals surface area (Å²) in [5, 5.41) is 0. The number of nitrogens with zero attached hydrogens (tertiary/aromatic N) is 1. The number of methoxy groups -OCH3 is 1. The molecule has 2 aromatic carbocycles. The summed E-state index contributed by atoms with van der Waals surface area (Å²) in [7, 11) is 1.67. The molecule has 0 aliphatic heterocycles. The van der Waals surface area contributed by atoms with Gasteiger partial charge in [-0.2, -0.15) is 4.73 Å². The first-order valence-corrected chi connectivity index (χ1v) is 9.95. The Morgan fingerprint density at radius 3 is 2.42 bits per heavy atom. The van der Waals surface area contributed by atoms with Gasteiger partial charge in [-0.15, -0.1) is 11.3 Å². The van der Waals surface area contributed by atoms with E-state index in [1.807, 2.05) is 18.2 Å². The minimum absolute atomic E-state index is 0.667. The summed E-state index contributed by atoms with van der Waals surface area (Å²) in [5.74, 6) is 0.851. The van der Waals surface area contributed by atoms with Crippen LogP contribution in [-0.2, 0) is 6.42 Å². The third-order valence-electron chi connectivity index (χ3n) is 4.26. The van der Waals surface area contributed by atoms with Crippen LogP contribution in [0.2, 0.25) is 0 Å². The molecular formula is C21H23NO2S2. The van der Waals surface area contributed by atoms with Gasteiger partial charge in [-0.1, -0.05) is 30.3 Å². The lowest BCUT2D eigenvalue weighted by molar-refractivity contribution is 0.102. The third-order valence-corrected chi connectivity index (χ3v) is 5.76. The Labute approximate surface area is 163 Å². The van der Waals surface area contributed by atoms with Crippen molar-refractivity contribution in [2.45, 2.75) is 26.2 Å². The zero-order valence-corrected chi connectivity index (χ0v) is 16.7. The van der Waals surface area contributed by atoms with Crippen LogP contribution in [0.15, 0.2) is 54.6 Å². The van der Waals surface area contributed by atoms with Crippen molar-refractivity contribution in [2.24, 2.45) is 0 Å². The number of aryl methyl sites for hydroxylation is 1. The van der Waals surface area contributed by atoms with Crippen molar-refractivity contribution in [2.75, 3.05) is 13.7 Å². The molecule has 0 N–H and O–H groups in total. The van der Waals surface area contributed by atoms with Gasteiger partial charge in [0.05, 0.1) is 17.7 Å². The first kappa shape index (κ1) is 18.7. The normalized spacial score (nSPS) is 10.7. The Morgan fingerprint density at radius 1 is 1.00 bits per heavy atom. The molecule has 3 rings (SSSR count). The predicted molar refractivity (Wildman–Crippen MR) is 111 cm³/mol. The number of hydrogen-bond acceptors (Lipinski definition) is 4.